The fourth-order valence-electron chi connectivity index (χ4n) is 3.86. The minimum absolute atomic E-state index is 0.0788. The van der Waals surface area contributed by atoms with E-state index in [-0.39, 0.29) is 5.69 Å². The Morgan fingerprint density at radius 1 is 1.03 bits per heavy atom. The zero-order chi connectivity index (χ0) is 24.8. The van der Waals surface area contributed by atoms with Crippen LogP contribution < -0.4 is 14.8 Å². The number of aromatic nitrogens is 1. The molecule has 0 saturated carbocycles. The molecule has 6 nitrogen and oxygen atoms in total. The molecule has 2 amide bonds. The van der Waals surface area contributed by atoms with Crippen LogP contribution in [0.4, 0.5) is 19.3 Å². The molecule has 0 saturated heterocycles. The Labute approximate surface area is 202 Å². The van der Waals surface area contributed by atoms with Crippen LogP contribution in [0.5, 0.6) is 11.5 Å². The Hall–Kier alpha value is -4.07. The van der Waals surface area contributed by atoms with Crippen molar-refractivity contribution in [1.82, 2.24) is 9.88 Å². The Balaban J connectivity index is 1.54. The number of carbonyl (C=O) groups is 1. The van der Waals surface area contributed by atoms with Gasteiger partial charge in [-0.1, -0.05) is 12.1 Å². The van der Waals surface area contributed by atoms with Crippen LogP contribution in [-0.4, -0.2) is 36.2 Å². The number of hydrogen-bond donors (Lipinski definition) is 2. The molecule has 182 valence electrons. The Morgan fingerprint density at radius 2 is 1.80 bits per heavy atom. The third kappa shape index (κ3) is 5.90. The van der Waals surface area contributed by atoms with E-state index in [1.165, 1.54) is 6.07 Å². The summed E-state index contributed by atoms with van der Waals surface area (Å²) in [7, 11) is 1.62. The Kier molecular flexibility index (Phi) is 7.50. The van der Waals surface area contributed by atoms with Crippen LogP contribution in [0.15, 0.2) is 66.9 Å². The number of halogens is 2. The number of fused-ring (bicyclic) bond motifs is 1. The average Bonchev–Trinajstić information content (AvgIpc) is 3.26. The summed E-state index contributed by atoms with van der Waals surface area (Å²) >= 11 is 0. The number of rotatable bonds is 9. The van der Waals surface area contributed by atoms with Gasteiger partial charge in [-0.25, -0.2) is 13.6 Å². The number of urea groups is 1. The lowest BCUT2D eigenvalue weighted by atomic mass is 10.1. The van der Waals surface area contributed by atoms with E-state index >= 15 is 0 Å². The maximum Gasteiger partial charge on any atom is 0.322 e. The molecule has 0 aliphatic heterocycles. The molecule has 1 heterocycles. The summed E-state index contributed by atoms with van der Waals surface area (Å²) in [5, 5.41) is 3.58. The van der Waals surface area contributed by atoms with Gasteiger partial charge in [-0.15, -0.1) is 0 Å². The van der Waals surface area contributed by atoms with Gasteiger partial charge in [0.1, 0.15) is 23.1 Å². The van der Waals surface area contributed by atoms with Crippen LogP contribution in [0.25, 0.3) is 10.9 Å². The van der Waals surface area contributed by atoms with Gasteiger partial charge in [-0.05, 0) is 66.9 Å². The maximum atomic E-state index is 14.2. The van der Waals surface area contributed by atoms with Crippen LogP contribution in [0.2, 0.25) is 0 Å². The highest BCUT2D eigenvalue weighted by Crippen LogP contribution is 2.25. The molecular formula is C27H27F2N3O3. The van der Waals surface area contributed by atoms with Gasteiger partial charge >= 0.3 is 6.03 Å². The predicted octanol–water partition coefficient (Wildman–Crippen LogP) is 6.13. The number of aromatic amines is 1. The van der Waals surface area contributed by atoms with Gasteiger partial charge in [0, 0.05) is 36.3 Å². The highest BCUT2D eigenvalue weighted by atomic mass is 19.1. The van der Waals surface area contributed by atoms with E-state index in [0.717, 1.165) is 45.7 Å². The van der Waals surface area contributed by atoms with Crippen molar-refractivity contribution in [2.24, 2.45) is 0 Å². The summed E-state index contributed by atoms with van der Waals surface area (Å²) in [5.41, 5.74) is 2.81. The number of H-pyrrole nitrogens is 1. The van der Waals surface area contributed by atoms with Gasteiger partial charge in [-0.3, -0.25) is 0 Å². The van der Waals surface area contributed by atoms with E-state index < -0.39 is 17.7 Å². The molecule has 3 aromatic carbocycles. The zero-order valence-corrected chi connectivity index (χ0v) is 19.6. The number of nitrogens with zero attached hydrogens (tertiary/aromatic N) is 1. The molecule has 0 radical (unpaired) electrons. The van der Waals surface area contributed by atoms with Crippen LogP contribution in [0.1, 0.15) is 18.1 Å². The highest BCUT2D eigenvalue weighted by molar-refractivity contribution is 5.89. The van der Waals surface area contributed by atoms with Crippen molar-refractivity contribution in [3.8, 4) is 11.5 Å². The largest absolute Gasteiger partial charge is 0.497 e. The number of benzene rings is 3. The van der Waals surface area contributed by atoms with Crippen molar-refractivity contribution in [2.45, 2.75) is 19.9 Å². The first-order valence-electron chi connectivity index (χ1n) is 11.3. The molecular weight excluding hydrogens is 452 g/mol. The summed E-state index contributed by atoms with van der Waals surface area (Å²) in [4.78, 5) is 18.0. The molecule has 0 bridgehead atoms. The SMILES string of the molecule is CCOc1ccc(CN(CCc2c[nH]c3ccc(OC)cc23)C(=O)Nc2ccc(F)cc2F)cc1. The monoisotopic (exact) mass is 479 g/mol. The number of hydrogen-bond acceptors (Lipinski definition) is 3. The molecule has 4 aromatic rings. The summed E-state index contributed by atoms with van der Waals surface area (Å²) in [6.07, 6.45) is 2.47. The first kappa shape index (κ1) is 24.1. The molecule has 0 atom stereocenters. The second-order valence-electron chi connectivity index (χ2n) is 8.03. The van der Waals surface area contributed by atoms with Gasteiger partial charge < -0.3 is 24.7 Å². The van der Waals surface area contributed by atoms with Gasteiger partial charge in [0.05, 0.1) is 19.4 Å². The first-order chi connectivity index (χ1) is 17.0. The predicted molar refractivity (Wildman–Crippen MR) is 132 cm³/mol. The number of carbonyl (C=O) groups excluding carboxylic acids is 1. The van der Waals surface area contributed by atoms with Crippen molar-refractivity contribution >= 4 is 22.6 Å². The second-order valence-corrected chi connectivity index (χ2v) is 8.03. The summed E-state index contributed by atoms with van der Waals surface area (Å²) in [5.74, 6) is -0.0490. The molecule has 0 aliphatic carbocycles. The van der Waals surface area contributed by atoms with Gasteiger partial charge in [0.25, 0.3) is 0 Å². The van der Waals surface area contributed by atoms with E-state index in [0.29, 0.717) is 26.1 Å². The van der Waals surface area contributed by atoms with Crippen molar-refractivity contribution in [3.63, 3.8) is 0 Å². The third-order valence-electron chi connectivity index (χ3n) is 5.69. The Morgan fingerprint density at radius 3 is 2.51 bits per heavy atom. The van der Waals surface area contributed by atoms with Crippen LogP contribution >= 0.6 is 0 Å². The lowest BCUT2D eigenvalue weighted by Gasteiger charge is -2.23. The molecule has 0 fully saturated rings. The van der Waals surface area contributed by atoms with Crippen molar-refractivity contribution in [3.05, 3.63) is 89.6 Å². The molecule has 2 N–H and O–H groups in total. The fraction of sp³-hybridized carbons (Fsp3) is 0.222. The third-order valence-corrected chi connectivity index (χ3v) is 5.69. The summed E-state index contributed by atoms with van der Waals surface area (Å²) in [6.45, 7) is 3.14. The molecule has 35 heavy (non-hydrogen) atoms. The quantitative estimate of drug-likeness (QED) is 0.304. The minimum Gasteiger partial charge on any atom is -0.497 e. The van der Waals surface area contributed by atoms with E-state index in [4.69, 9.17) is 9.47 Å². The summed E-state index contributed by atoms with van der Waals surface area (Å²) < 4.78 is 38.3. The number of methoxy groups -OCH3 is 1. The maximum absolute atomic E-state index is 14.2. The molecule has 0 aliphatic rings. The fourth-order valence-corrected chi connectivity index (χ4v) is 3.86. The smallest absolute Gasteiger partial charge is 0.322 e. The van der Waals surface area contributed by atoms with Crippen molar-refractivity contribution < 1.29 is 23.0 Å². The second kappa shape index (κ2) is 10.9. The normalized spacial score (nSPS) is 10.9. The molecule has 0 spiro atoms. The number of amides is 2. The molecule has 1 aromatic heterocycles. The minimum atomic E-state index is -0.830. The van der Waals surface area contributed by atoms with Crippen LogP contribution in [0.3, 0.4) is 0 Å². The standard InChI is InChI=1S/C27H27F2N3O3/c1-3-35-21-7-4-18(5-8-21)17-32(27(33)31-26-10-6-20(28)14-24(26)29)13-12-19-16-30-25-11-9-22(34-2)15-23(19)25/h4-11,14-16,30H,3,12-13,17H2,1-2H3,(H,31,33). The van der Waals surface area contributed by atoms with Crippen LogP contribution in [-0.2, 0) is 13.0 Å². The number of ether oxygens (including phenoxy) is 2. The molecule has 8 heteroatoms. The molecule has 4 rings (SSSR count). The zero-order valence-electron chi connectivity index (χ0n) is 19.6. The summed E-state index contributed by atoms with van der Waals surface area (Å²) in [6, 6.07) is 15.8. The first-order valence-corrected chi connectivity index (χ1v) is 11.3. The topological polar surface area (TPSA) is 66.6 Å². The van der Waals surface area contributed by atoms with Crippen molar-refractivity contribution in [2.75, 3.05) is 25.6 Å². The lowest BCUT2D eigenvalue weighted by molar-refractivity contribution is 0.209. The van der Waals surface area contributed by atoms with E-state index in [1.807, 2.05) is 55.6 Å². The van der Waals surface area contributed by atoms with Gasteiger partial charge in [0.15, 0.2) is 0 Å². The van der Waals surface area contributed by atoms with E-state index in [9.17, 15) is 13.6 Å². The van der Waals surface area contributed by atoms with Gasteiger partial charge in [-0.2, -0.15) is 0 Å². The number of nitrogens with one attached hydrogen (secondary N) is 2. The average molecular weight is 480 g/mol. The van der Waals surface area contributed by atoms with E-state index in [1.54, 1.807) is 12.0 Å². The number of anilines is 1. The lowest BCUT2D eigenvalue weighted by Crippen LogP contribution is -2.36. The molecule has 0 unspecified atom stereocenters. The van der Waals surface area contributed by atoms with Crippen molar-refractivity contribution in [1.29, 1.82) is 0 Å². The highest BCUT2D eigenvalue weighted by Gasteiger charge is 2.17. The van der Waals surface area contributed by atoms with Gasteiger partial charge in [0.2, 0.25) is 0 Å². The Bertz CT molecular complexity index is 1310. The van der Waals surface area contributed by atoms with E-state index in [2.05, 4.69) is 10.3 Å². The van der Waals surface area contributed by atoms with Crippen LogP contribution in [0, 0.1) is 11.6 Å².